The van der Waals surface area contributed by atoms with Gasteiger partial charge in [-0.3, -0.25) is 0 Å². The van der Waals surface area contributed by atoms with Crippen LogP contribution < -0.4 is 0 Å². The van der Waals surface area contributed by atoms with Crippen LogP contribution in [0.25, 0.3) is 16.6 Å². The summed E-state index contributed by atoms with van der Waals surface area (Å²) in [7, 11) is 0. The lowest BCUT2D eigenvalue weighted by Gasteiger charge is -2.13. The van der Waals surface area contributed by atoms with Crippen LogP contribution >= 0.6 is 11.6 Å². The summed E-state index contributed by atoms with van der Waals surface area (Å²) in [4.78, 5) is 0. The molecule has 2 aromatic heterocycles. The smallest absolute Gasteiger partial charge is 0.0459 e. The second kappa shape index (κ2) is 6.90. The molecular formula is C25H24ClN. The lowest BCUT2D eigenvalue weighted by molar-refractivity contribution is 1.07. The normalized spacial score (nSPS) is 11.3. The number of pyridine rings is 1. The van der Waals surface area contributed by atoms with E-state index in [0.29, 0.717) is 0 Å². The minimum absolute atomic E-state index is 0.768. The molecule has 0 radical (unpaired) electrons. The van der Waals surface area contributed by atoms with Crippen LogP contribution in [0.5, 0.6) is 0 Å². The lowest BCUT2D eigenvalue weighted by Crippen LogP contribution is -1.99. The molecule has 0 amide bonds. The fourth-order valence-electron chi connectivity index (χ4n) is 3.71. The van der Waals surface area contributed by atoms with E-state index in [1.165, 1.54) is 50.0 Å². The highest BCUT2D eigenvalue weighted by Gasteiger charge is 2.09. The van der Waals surface area contributed by atoms with E-state index in [2.05, 4.69) is 80.9 Å². The van der Waals surface area contributed by atoms with E-state index in [1.807, 2.05) is 12.1 Å². The standard InChI is InChI=1S/C25H24ClN/c1-16-5-6-21(19(4)18(16)3)11-22-12-25-13-23(15-27(25)14-17(22)2)20-7-9-24(26)10-8-20/h5-10,12-15H,11H2,1-4H3. The molecule has 2 heteroatoms. The fraction of sp³-hybridized carbons (Fsp3) is 0.200. The molecule has 0 aliphatic carbocycles. The van der Waals surface area contributed by atoms with Crippen LogP contribution in [0, 0.1) is 27.7 Å². The molecule has 0 atom stereocenters. The van der Waals surface area contributed by atoms with Gasteiger partial charge in [0, 0.05) is 28.5 Å². The fourth-order valence-corrected chi connectivity index (χ4v) is 3.83. The summed E-state index contributed by atoms with van der Waals surface area (Å²) in [5, 5.41) is 0.768. The zero-order valence-electron chi connectivity index (χ0n) is 16.3. The third-order valence-electron chi connectivity index (χ3n) is 5.77. The monoisotopic (exact) mass is 373 g/mol. The first-order valence-electron chi connectivity index (χ1n) is 9.35. The summed E-state index contributed by atoms with van der Waals surface area (Å²) < 4.78 is 2.22. The molecular weight excluding hydrogens is 350 g/mol. The number of halogens is 1. The molecule has 4 rings (SSSR count). The third-order valence-corrected chi connectivity index (χ3v) is 6.02. The van der Waals surface area contributed by atoms with Gasteiger partial charge in [-0.2, -0.15) is 0 Å². The van der Waals surface area contributed by atoms with Crippen LogP contribution in [0.3, 0.4) is 0 Å². The first-order chi connectivity index (χ1) is 12.9. The number of aromatic nitrogens is 1. The van der Waals surface area contributed by atoms with Crippen LogP contribution in [0.15, 0.2) is 60.9 Å². The highest BCUT2D eigenvalue weighted by molar-refractivity contribution is 6.30. The number of aryl methyl sites for hydroxylation is 2. The quantitative estimate of drug-likeness (QED) is 0.361. The molecule has 0 unspecified atom stereocenters. The second-order valence-corrected chi connectivity index (χ2v) is 7.95. The number of hydrogen-bond donors (Lipinski definition) is 0. The van der Waals surface area contributed by atoms with E-state index in [4.69, 9.17) is 11.6 Å². The second-order valence-electron chi connectivity index (χ2n) is 7.52. The van der Waals surface area contributed by atoms with E-state index in [1.54, 1.807) is 0 Å². The average molecular weight is 374 g/mol. The predicted molar refractivity (Wildman–Crippen MR) is 116 cm³/mol. The summed E-state index contributed by atoms with van der Waals surface area (Å²) in [6, 6.07) is 17.1. The van der Waals surface area contributed by atoms with Crippen molar-refractivity contribution in [2.24, 2.45) is 0 Å². The Hall–Kier alpha value is -2.51. The van der Waals surface area contributed by atoms with Crippen LogP contribution in [0.2, 0.25) is 5.02 Å². The Balaban J connectivity index is 1.73. The molecule has 0 bridgehead atoms. The van der Waals surface area contributed by atoms with Crippen molar-refractivity contribution in [3.05, 3.63) is 99.3 Å². The van der Waals surface area contributed by atoms with Gasteiger partial charge in [-0.1, -0.05) is 35.9 Å². The van der Waals surface area contributed by atoms with Gasteiger partial charge < -0.3 is 4.40 Å². The van der Waals surface area contributed by atoms with E-state index < -0.39 is 0 Å². The minimum atomic E-state index is 0.768. The molecule has 2 aromatic carbocycles. The molecule has 0 aliphatic rings. The first kappa shape index (κ1) is 17.9. The van der Waals surface area contributed by atoms with E-state index in [9.17, 15) is 0 Å². The van der Waals surface area contributed by atoms with Gasteiger partial charge in [0.1, 0.15) is 0 Å². The summed E-state index contributed by atoms with van der Waals surface area (Å²) >= 11 is 6.02. The zero-order chi connectivity index (χ0) is 19.1. The molecule has 1 nitrogen and oxygen atoms in total. The predicted octanol–water partition coefficient (Wildman–Crippen LogP) is 7.08. The Morgan fingerprint density at radius 1 is 0.704 bits per heavy atom. The number of benzene rings is 2. The topological polar surface area (TPSA) is 4.41 Å². The largest absolute Gasteiger partial charge is 0.323 e. The van der Waals surface area contributed by atoms with Crippen LogP contribution in [-0.2, 0) is 6.42 Å². The molecule has 0 N–H and O–H groups in total. The van der Waals surface area contributed by atoms with Crippen LogP contribution in [-0.4, -0.2) is 4.40 Å². The van der Waals surface area contributed by atoms with Crippen molar-refractivity contribution in [1.29, 1.82) is 0 Å². The molecule has 0 saturated carbocycles. The molecule has 0 fully saturated rings. The van der Waals surface area contributed by atoms with E-state index in [0.717, 1.165) is 11.4 Å². The molecule has 0 aliphatic heterocycles. The lowest BCUT2D eigenvalue weighted by atomic mass is 9.93. The number of nitrogens with zero attached hydrogens (tertiary/aromatic N) is 1. The van der Waals surface area contributed by atoms with Crippen molar-refractivity contribution in [3.63, 3.8) is 0 Å². The van der Waals surface area contributed by atoms with Gasteiger partial charge in [0.25, 0.3) is 0 Å². The summed E-state index contributed by atoms with van der Waals surface area (Å²) in [6.07, 6.45) is 5.40. The Labute approximate surface area is 166 Å². The van der Waals surface area contributed by atoms with Gasteiger partial charge in [-0.15, -0.1) is 0 Å². The maximum Gasteiger partial charge on any atom is 0.0459 e. The molecule has 2 heterocycles. The molecule has 136 valence electrons. The van der Waals surface area contributed by atoms with Crippen LogP contribution in [0.4, 0.5) is 0 Å². The number of hydrogen-bond acceptors (Lipinski definition) is 0. The summed E-state index contributed by atoms with van der Waals surface area (Å²) in [5.41, 5.74) is 11.9. The molecule has 0 saturated heterocycles. The maximum atomic E-state index is 6.02. The number of rotatable bonds is 3. The first-order valence-corrected chi connectivity index (χ1v) is 9.73. The van der Waals surface area contributed by atoms with E-state index >= 15 is 0 Å². The van der Waals surface area contributed by atoms with Gasteiger partial charge in [0.15, 0.2) is 0 Å². The van der Waals surface area contributed by atoms with Crippen molar-refractivity contribution in [3.8, 4) is 11.1 Å². The van der Waals surface area contributed by atoms with Gasteiger partial charge in [-0.25, -0.2) is 0 Å². The highest BCUT2D eigenvalue weighted by Crippen LogP contribution is 2.27. The van der Waals surface area contributed by atoms with Gasteiger partial charge in [0.2, 0.25) is 0 Å². The Morgan fingerprint density at radius 3 is 2.19 bits per heavy atom. The maximum absolute atomic E-state index is 6.02. The van der Waals surface area contributed by atoms with Gasteiger partial charge in [-0.05, 0) is 97.3 Å². The Kier molecular flexibility index (Phi) is 4.57. The Bertz CT molecular complexity index is 1130. The molecule has 27 heavy (non-hydrogen) atoms. The van der Waals surface area contributed by atoms with Crippen molar-refractivity contribution >= 4 is 17.1 Å². The summed E-state index contributed by atoms with van der Waals surface area (Å²) in [5.74, 6) is 0. The zero-order valence-corrected chi connectivity index (χ0v) is 17.1. The van der Waals surface area contributed by atoms with Crippen molar-refractivity contribution in [2.75, 3.05) is 0 Å². The third kappa shape index (κ3) is 3.40. The molecule has 4 aromatic rings. The van der Waals surface area contributed by atoms with E-state index in [-0.39, 0.29) is 0 Å². The van der Waals surface area contributed by atoms with Crippen molar-refractivity contribution < 1.29 is 0 Å². The van der Waals surface area contributed by atoms with Crippen molar-refractivity contribution in [1.82, 2.24) is 4.40 Å². The SMILES string of the molecule is Cc1cn2cc(-c3ccc(Cl)cc3)cc2cc1Cc1ccc(C)c(C)c1C. The highest BCUT2D eigenvalue weighted by atomic mass is 35.5. The van der Waals surface area contributed by atoms with Crippen molar-refractivity contribution in [2.45, 2.75) is 34.1 Å². The average Bonchev–Trinajstić information content (AvgIpc) is 3.05. The Morgan fingerprint density at radius 2 is 1.44 bits per heavy atom. The van der Waals surface area contributed by atoms with Gasteiger partial charge in [0.05, 0.1) is 0 Å². The molecule has 0 spiro atoms. The van der Waals surface area contributed by atoms with Crippen LogP contribution in [0.1, 0.15) is 33.4 Å². The minimum Gasteiger partial charge on any atom is -0.323 e. The summed E-state index contributed by atoms with van der Waals surface area (Å²) in [6.45, 7) is 8.84. The van der Waals surface area contributed by atoms with Gasteiger partial charge >= 0.3 is 0 Å². The number of fused-ring (bicyclic) bond motifs is 1.